The summed E-state index contributed by atoms with van der Waals surface area (Å²) >= 11 is 0. The second-order valence-corrected chi connectivity index (χ2v) is 20.8. The Balaban J connectivity index is 0.983. The second-order valence-electron chi connectivity index (χ2n) is 16.5. The van der Waals surface area contributed by atoms with E-state index in [0.29, 0.717) is 12.6 Å². The summed E-state index contributed by atoms with van der Waals surface area (Å²) in [5, 5.41) is 24.2. The van der Waals surface area contributed by atoms with Crippen LogP contribution >= 0.6 is 6.89 Å². The minimum absolute atomic E-state index is 0.0819. The van der Waals surface area contributed by atoms with Gasteiger partial charge in [0.15, 0.2) is 6.23 Å². The zero-order valence-electron chi connectivity index (χ0n) is 34.3. The van der Waals surface area contributed by atoms with E-state index < -0.39 is 79.9 Å². The number of aliphatic hydroxyl groups excluding tert-OH is 2. The maximum atomic E-state index is 13.8. The summed E-state index contributed by atoms with van der Waals surface area (Å²) < 4.78 is 24.1. The number of carbonyl (C=O) groups is 3. The molecule has 62 heavy (non-hydrogen) atoms. The van der Waals surface area contributed by atoms with E-state index in [-0.39, 0.29) is 25.0 Å². The van der Waals surface area contributed by atoms with Crippen LogP contribution in [0.5, 0.6) is 0 Å². The number of fused-ring (bicyclic) bond motifs is 6. The maximum absolute atomic E-state index is 13.8. The molecule has 1 saturated heterocycles. The highest BCUT2D eigenvalue weighted by Gasteiger charge is 2.44. The second kappa shape index (κ2) is 17.7. The number of amides is 1. The number of esters is 1. The van der Waals surface area contributed by atoms with E-state index in [0.717, 1.165) is 59.7 Å². The normalized spacial score (nSPS) is 19.5. The number of nitrogens with zero attached hydrogens (tertiary/aromatic N) is 2. The van der Waals surface area contributed by atoms with Crippen molar-refractivity contribution in [3.8, 4) is 22.3 Å². The highest BCUT2D eigenvalue weighted by atomic mass is 31.2. The van der Waals surface area contributed by atoms with Gasteiger partial charge in [-0.05, 0) is 76.8 Å². The quantitative estimate of drug-likeness (QED) is 0.0770. The lowest BCUT2D eigenvalue weighted by molar-refractivity contribution is -0.142. The van der Waals surface area contributed by atoms with E-state index in [1.807, 2.05) is 110 Å². The Bertz CT molecular complexity index is 2600. The van der Waals surface area contributed by atoms with Gasteiger partial charge in [0.1, 0.15) is 31.5 Å². The highest BCUT2D eigenvalue weighted by molar-refractivity contribution is 7.72. The number of hydrogen-bond acceptors (Lipinski definition) is 11. The number of rotatable bonds is 13. The van der Waals surface area contributed by atoms with Crippen LogP contribution in [0.2, 0.25) is 0 Å². The van der Waals surface area contributed by atoms with Crippen LogP contribution < -0.4 is 16.6 Å². The molecule has 3 aliphatic rings. The molecule has 1 aliphatic heterocycles. The first-order valence-electron chi connectivity index (χ1n) is 20.5. The van der Waals surface area contributed by atoms with Crippen molar-refractivity contribution in [2.75, 3.05) is 32.7 Å². The van der Waals surface area contributed by atoms with Gasteiger partial charge >= 0.3 is 23.9 Å². The molecular formula is C47H48N3O11P. The molecule has 8 rings (SSSR count). The summed E-state index contributed by atoms with van der Waals surface area (Å²) in [5.74, 6) is -1.82. The number of ether oxygens (including phenoxy) is 4. The predicted molar refractivity (Wildman–Crippen MR) is 234 cm³/mol. The van der Waals surface area contributed by atoms with Gasteiger partial charge in [-0.15, -0.1) is 13.2 Å². The summed E-state index contributed by atoms with van der Waals surface area (Å²) in [5.41, 5.74) is 6.24. The van der Waals surface area contributed by atoms with Crippen molar-refractivity contribution in [3.05, 3.63) is 152 Å². The number of benzene rings is 4. The third-order valence-corrected chi connectivity index (χ3v) is 13.3. The molecule has 4 aromatic carbocycles. The molecule has 2 aliphatic carbocycles. The lowest BCUT2D eigenvalue weighted by Gasteiger charge is -2.21. The van der Waals surface area contributed by atoms with E-state index in [1.54, 1.807) is 0 Å². The maximum Gasteiger partial charge on any atom is 0.516 e. The van der Waals surface area contributed by atoms with Crippen LogP contribution in [-0.2, 0) is 30.3 Å². The molecular weight excluding hydrogens is 814 g/mol. The SMILES string of the molecule is C=P(C)(C)CC[C@H]1OC(n2ccc(=O)n(CCC(NC(=O)OCC3c4ccccc4-c4ccccc43)C(=O)OC(=O)OCC3c4ccccc4-c4ccccc43)c2=O)[C@H](O)[C@@H]1O. The van der Waals surface area contributed by atoms with E-state index in [4.69, 9.17) is 18.9 Å². The standard InChI is InChI=1S/C47H48N3O11P/c1-62(2,3)25-22-39-41(52)42(53)43(60-39)50-24-21-40(51)49(46(50)56)23-20-38(48-45(55)58-26-36-32-16-8-4-12-28(32)29-13-5-9-17-33(29)36)44(54)61-47(57)59-27-37-34-18-10-6-14-30(34)31-15-7-11-19-35(31)37/h4-19,21,24,36-39,41-43,52-53H,1,20,22-23,25-27H2,2-3H3,(H,48,55)/t38?,39-,41-,42-,43?/m1/s1. The first-order chi connectivity index (χ1) is 29.8. The topological polar surface area (TPSA) is 185 Å². The van der Waals surface area contributed by atoms with Crippen LogP contribution in [0.3, 0.4) is 0 Å². The number of alkyl carbamates (subject to hydrolysis) is 1. The van der Waals surface area contributed by atoms with Crippen molar-refractivity contribution in [3.63, 3.8) is 0 Å². The fourth-order valence-corrected chi connectivity index (χ4v) is 9.62. The molecule has 5 aromatic rings. The zero-order valence-corrected chi connectivity index (χ0v) is 35.2. The molecule has 0 saturated carbocycles. The number of hydrogen-bond donors (Lipinski definition) is 3. The van der Waals surface area contributed by atoms with Crippen LogP contribution in [0.4, 0.5) is 9.59 Å². The van der Waals surface area contributed by atoms with Gasteiger partial charge in [0, 0.05) is 30.6 Å². The Kier molecular flexibility index (Phi) is 12.2. The van der Waals surface area contributed by atoms with Crippen molar-refractivity contribution in [2.45, 2.75) is 61.8 Å². The third-order valence-electron chi connectivity index (χ3n) is 11.8. The fourth-order valence-electron chi connectivity index (χ4n) is 8.67. The molecule has 1 aromatic heterocycles. The van der Waals surface area contributed by atoms with Crippen LogP contribution in [0.1, 0.15) is 53.2 Å². The van der Waals surface area contributed by atoms with Crippen molar-refractivity contribution >= 4 is 31.4 Å². The van der Waals surface area contributed by atoms with Crippen LogP contribution in [0.15, 0.2) is 119 Å². The van der Waals surface area contributed by atoms with Gasteiger partial charge in [0.05, 0.1) is 6.10 Å². The Hall–Kier alpha value is -6.05. The molecule has 1 fully saturated rings. The minimum atomic E-state index is -1.60. The molecule has 0 spiro atoms. The molecule has 2 unspecified atom stereocenters. The van der Waals surface area contributed by atoms with Gasteiger partial charge in [0.25, 0.3) is 5.56 Å². The van der Waals surface area contributed by atoms with Crippen LogP contribution in [-0.4, -0.2) is 101 Å². The van der Waals surface area contributed by atoms with E-state index >= 15 is 0 Å². The molecule has 2 heterocycles. The Morgan fingerprint density at radius 1 is 0.758 bits per heavy atom. The van der Waals surface area contributed by atoms with Crippen molar-refractivity contribution in [1.29, 1.82) is 0 Å². The van der Waals surface area contributed by atoms with Crippen molar-refractivity contribution in [2.24, 2.45) is 0 Å². The number of nitrogens with one attached hydrogen (secondary N) is 1. The molecule has 1 amide bonds. The largest absolute Gasteiger partial charge is 0.516 e. The van der Waals surface area contributed by atoms with E-state index in [9.17, 15) is 34.2 Å². The predicted octanol–water partition coefficient (Wildman–Crippen LogP) is 5.52. The summed E-state index contributed by atoms with van der Waals surface area (Å²) in [4.78, 5) is 67.3. The Labute approximate surface area is 357 Å². The average Bonchev–Trinajstić information content (AvgIpc) is 3.86. The lowest BCUT2D eigenvalue weighted by Crippen LogP contribution is -2.47. The fraction of sp³-hybridized carbons (Fsp3) is 0.319. The van der Waals surface area contributed by atoms with Crippen LogP contribution in [0.25, 0.3) is 22.3 Å². The molecule has 0 radical (unpaired) electrons. The molecule has 15 heteroatoms. The molecule has 3 N–H and O–H groups in total. The summed E-state index contributed by atoms with van der Waals surface area (Å²) in [6.45, 7) is 1.92. The third kappa shape index (κ3) is 8.69. The van der Waals surface area contributed by atoms with E-state index in [1.165, 1.54) is 6.20 Å². The Morgan fingerprint density at radius 3 is 1.77 bits per heavy atom. The monoisotopic (exact) mass is 861 g/mol. The molecule has 14 nitrogen and oxygen atoms in total. The molecule has 0 bridgehead atoms. The first-order valence-corrected chi connectivity index (χ1v) is 23.5. The number of aliphatic hydroxyl groups is 2. The zero-order chi connectivity index (χ0) is 43.7. The average molecular weight is 862 g/mol. The van der Waals surface area contributed by atoms with Crippen LogP contribution in [0, 0.1) is 0 Å². The minimum Gasteiger partial charge on any atom is -0.449 e. The smallest absolute Gasteiger partial charge is 0.449 e. The lowest BCUT2D eigenvalue weighted by atomic mass is 9.98. The first kappa shape index (κ1) is 42.6. The van der Waals surface area contributed by atoms with Crippen molar-refractivity contribution < 1.29 is 43.5 Å². The van der Waals surface area contributed by atoms with Gasteiger partial charge < -0.3 is 34.5 Å². The summed E-state index contributed by atoms with van der Waals surface area (Å²) in [7, 11) is 0. The van der Waals surface area contributed by atoms with Gasteiger partial charge in [-0.25, -0.2) is 19.2 Å². The molecule has 5 atom stereocenters. The summed E-state index contributed by atoms with van der Waals surface area (Å²) in [6, 6.07) is 30.6. The van der Waals surface area contributed by atoms with Gasteiger partial charge in [-0.1, -0.05) is 97.1 Å². The summed E-state index contributed by atoms with van der Waals surface area (Å²) in [6.07, 6.45) is -1.15. The van der Waals surface area contributed by atoms with Crippen molar-refractivity contribution in [1.82, 2.24) is 14.5 Å². The highest BCUT2D eigenvalue weighted by Crippen LogP contribution is 2.46. The van der Waals surface area contributed by atoms with Gasteiger partial charge in [0.2, 0.25) is 0 Å². The Morgan fingerprint density at radius 2 is 1.26 bits per heavy atom. The van der Waals surface area contributed by atoms with Gasteiger partial charge in [-0.2, -0.15) is 0 Å². The number of aromatic nitrogens is 2. The number of carbonyl (C=O) groups excluding carboxylic acids is 3. The molecule has 322 valence electrons. The van der Waals surface area contributed by atoms with Gasteiger partial charge in [-0.3, -0.25) is 13.9 Å². The van der Waals surface area contributed by atoms with E-state index in [2.05, 4.69) is 11.6 Å².